The van der Waals surface area contributed by atoms with Crippen LogP contribution in [0.3, 0.4) is 0 Å². The highest BCUT2D eigenvalue weighted by Crippen LogP contribution is 2.37. The van der Waals surface area contributed by atoms with E-state index in [1.165, 1.54) is 18.6 Å². The van der Waals surface area contributed by atoms with Crippen LogP contribution in [0.2, 0.25) is 0 Å². The van der Waals surface area contributed by atoms with Crippen molar-refractivity contribution < 1.29 is 9.47 Å². The predicted molar refractivity (Wildman–Crippen MR) is 77.0 cm³/mol. The Hall–Kier alpha value is -1.01. The van der Waals surface area contributed by atoms with Gasteiger partial charge in [0.1, 0.15) is 5.69 Å². The lowest BCUT2D eigenvalue weighted by molar-refractivity contribution is 0.348. The zero-order valence-corrected chi connectivity index (χ0v) is 12.5. The van der Waals surface area contributed by atoms with Crippen LogP contribution in [0.15, 0.2) is 6.20 Å². The van der Waals surface area contributed by atoms with E-state index in [9.17, 15) is 0 Å². The molecule has 0 aromatic carbocycles. The Kier molecular flexibility index (Phi) is 5.27. The van der Waals surface area contributed by atoms with Gasteiger partial charge in [-0.2, -0.15) is 16.7 Å². The van der Waals surface area contributed by atoms with Crippen LogP contribution < -0.4 is 14.8 Å². The summed E-state index contributed by atoms with van der Waals surface area (Å²) >= 11 is 2.00. The molecule has 0 saturated carbocycles. The third-order valence-electron chi connectivity index (χ3n) is 3.20. The Labute approximate surface area is 118 Å². The van der Waals surface area contributed by atoms with Gasteiger partial charge in [-0.1, -0.05) is 6.92 Å². The summed E-state index contributed by atoms with van der Waals surface area (Å²) in [6.45, 7) is 3.01. The van der Waals surface area contributed by atoms with Crippen molar-refractivity contribution in [3.8, 4) is 11.8 Å². The fourth-order valence-corrected chi connectivity index (χ4v) is 3.70. The molecule has 2 rings (SSSR count). The van der Waals surface area contributed by atoms with Crippen molar-refractivity contribution in [1.82, 2.24) is 15.3 Å². The summed E-state index contributed by atoms with van der Waals surface area (Å²) in [5.41, 5.74) is 0.879. The van der Waals surface area contributed by atoms with E-state index in [2.05, 4.69) is 22.2 Å². The van der Waals surface area contributed by atoms with Gasteiger partial charge in [0.15, 0.2) is 0 Å². The lowest BCUT2D eigenvalue weighted by Crippen LogP contribution is -2.30. The van der Waals surface area contributed by atoms with Gasteiger partial charge >= 0.3 is 0 Å². The van der Waals surface area contributed by atoms with Crippen LogP contribution in [0.5, 0.6) is 11.8 Å². The summed E-state index contributed by atoms with van der Waals surface area (Å²) in [6, 6.07) is 0.186. The van der Waals surface area contributed by atoms with E-state index >= 15 is 0 Å². The van der Waals surface area contributed by atoms with E-state index in [0.717, 1.165) is 12.2 Å². The summed E-state index contributed by atoms with van der Waals surface area (Å²) < 4.78 is 10.5. The smallest absolute Gasteiger partial charge is 0.240 e. The molecule has 2 unspecified atom stereocenters. The Morgan fingerprint density at radius 2 is 2.32 bits per heavy atom. The van der Waals surface area contributed by atoms with E-state index in [4.69, 9.17) is 9.47 Å². The zero-order valence-electron chi connectivity index (χ0n) is 11.7. The molecule has 5 nitrogen and oxygen atoms in total. The van der Waals surface area contributed by atoms with E-state index in [-0.39, 0.29) is 6.04 Å². The molecule has 1 fully saturated rings. The van der Waals surface area contributed by atoms with Gasteiger partial charge in [0.2, 0.25) is 11.8 Å². The van der Waals surface area contributed by atoms with Gasteiger partial charge < -0.3 is 14.8 Å². The van der Waals surface area contributed by atoms with Crippen LogP contribution in [0, 0.1) is 0 Å². The van der Waals surface area contributed by atoms with Gasteiger partial charge in [0, 0.05) is 5.25 Å². The molecule has 1 aliphatic rings. The third-order valence-corrected chi connectivity index (χ3v) is 4.66. The maximum absolute atomic E-state index is 5.37. The molecule has 2 atom stereocenters. The monoisotopic (exact) mass is 283 g/mol. The first-order chi connectivity index (χ1) is 9.30. The molecule has 0 radical (unpaired) electrons. The molecule has 2 heterocycles. The van der Waals surface area contributed by atoms with E-state index in [0.29, 0.717) is 17.0 Å². The van der Waals surface area contributed by atoms with E-state index in [1.54, 1.807) is 20.4 Å². The standard InChI is InChI=1S/C13H21N3O2S/c1-4-14-11(9-6-5-7-19-9)12-13(18-3)16-10(17-2)8-15-12/h8-9,11,14H,4-7H2,1-3H3. The molecule has 0 spiro atoms. The first kappa shape index (κ1) is 14.4. The van der Waals surface area contributed by atoms with Gasteiger partial charge in [0.05, 0.1) is 26.5 Å². The van der Waals surface area contributed by atoms with Crippen LogP contribution in [0.1, 0.15) is 31.5 Å². The average Bonchev–Trinajstić information content (AvgIpc) is 2.98. The predicted octanol–water partition coefficient (Wildman–Crippen LogP) is 2.04. The van der Waals surface area contributed by atoms with Crippen LogP contribution in [-0.4, -0.2) is 41.7 Å². The maximum Gasteiger partial charge on any atom is 0.240 e. The lowest BCUT2D eigenvalue weighted by atomic mass is 10.1. The van der Waals surface area contributed by atoms with Crippen molar-refractivity contribution in [2.75, 3.05) is 26.5 Å². The summed E-state index contributed by atoms with van der Waals surface area (Å²) in [4.78, 5) is 8.82. The second-order valence-corrected chi connectivity index (χ2v) is 5.74. The van der Waals surface area contributed by atoms with Crippen molar-refractivity contribution in [3.63, 3.8) is 0 Å². The molecule has 0 amide bonds. The second-order valence-electron chi connectivity index (χ2n) is 4.39. The van der Waals surface area contributed by atoms with Crippen molar-refractivity contribution in [1.29, 1.82) is 0 Å². The Morgan fingerprint density at radius 3 is 2.89 bits per heavy atom. The molecular formula is C13H21N3O2S. The molecule has 0 bridgehead atoms. The van der Waals surface area contributed by atoms with Gasteiger partial charge in [-0.15, -0.1) is 0 Å². The maximum atomic E-state index is 5.37. The number of ether oxygens (including phenoxy) is 2. The molecule has 6 heteroatoms. The lowest BCUT2D eigenvalue weighted by Gasteiger charge is -2.24. The topological polar surface area (TPSA) is 56.3 Å². The van der Waals surface area contributed by atoms with Crippen molar-refractivity contribution in [2.45, 2.75) is 31.1 Å². The molecule has 19 heavy (non-hydrogen) atoms. The molecule has 0 aliphatic carbocycles. The molecular weight excluding hydrogens is 262 g/mol. The minimum atomic E-state index is 0.186. The van der Waals surface area contributed by atoms with Crippen LogP contribution in [-0.2, 0) is 0 Å². The summed E-state index contributed by atoms with van der Waals surface area (Å²) in [5.74, 6) is 2.26. The van der Waals surface area contributed by atoms with Crippen molar-refractivity contribution >= 4 is 11.8 Å². The largest absolute Gasteiger partial charge is 0.480 e. The number of hydrogen-bond acceptors (Lipinski definition) is 6. The highest BCUT2D eigenvalue weighted by molar-refractivity contribution is 8.00. The SMILES string of the molecule is CCNC(c1ncc(OC)nc1OC)C1CCCS1. The Balaban J connectivity index is 2.29. The highest BCUT2D eigenvalue weighted by atomic mass is 32.2. The fraction of sp³-hybridized carbons (Fsp3) is 0.692. The number of hydrogen-bond donors (Lipinski definition) is 1. The number of nitrogens with one attached hydrogen (secondary N) is 1. The van der Waals surface area contributed by atoms with Gasteiger partial charge in [0.25, 0.3) is 0 Å². The number of methoxy groups -OCH3 is 2. The Bertz CT molecular complexity index is 411. The minimum absolute atomic E-state index is 0.186. The molecule has 106 valence electrons. The fourth-order valence-electron chi connectivity index (χ4n) is 2.32. The summed E-state index contributed by atoms with van der Waals surface area (Å²) in [6.07, 6.45) is 4.13. The molecule has 1 saturated heterocycles. The van der Waals surface area contributed by atoms with Gasteiger partial charge in [-0.05, 0) is 25.1 Å². The molecule has 1 N–H and O–H groups in total. The molecule has 1 aromatic heterocycles. The molecule has 1 aromatic rings. The van der Waals surface area contributed by atoms with Crippen LogP contribution in [0.25, 0.3) is 0 Å². The Morgan fingerprint density at radius 1 is 1.47 bits per heavy atom. The highest BCUT2D eigenvalue weighted by Gasteiger charge is 2.30. The first-order valence-electron chi connectivity index (χ1n) is 6.60. The van der Waals surface area contributed by atoms with Crippen LogP contribution >= 0.6 is 11.8 Å². The normalized spacial score (nSPS) is 20.3. The zero-order chi connectivity index (χ0) is 13.7. The quantitative estimate of drug-likeness (QED) is 0.862. The van der Waals surface area contributed by atoms with E-state index < -0.39 is 0 Å². The van der Waals surface area contributed by atoms with Gasteiger partial charge in [-0.25, -0.2) is 4.98 Å². The average molecular weight is 283 g/mol. The summed E-state index contributed by atoms with van der Waals surface area (Å²) in [5, 5.41) is 4.05. The van der Waals surface area contributed by atoms with Crippen LogP contribution in [0.4, 0.5) is 0 Å². The summed E-state index contributed by atoms with van der Waals surface area (Å²) in [7, 11) is 3.20. The van der Waals surface area contributed by atoms with Gasteiger partial charge in [-0.3, -0.25) is 0 Å². The number of aromatic nitrogens is 2. The van der Waals surface area contributed by atoms with Crippen molar-refractivity contribution in [3.05, 3.63) is 11.9 Å². The molecule has 1 aliphatic heterocycles. The first-order valence-corrected chi connectivity index (χ1v) is 7.65. The number of nitrogens with zero attached hydrogens (tertiary/aromatic N) is 2. The van der Waals surface area contributed by atoms with E-state index in [1.807, 2.05) is 11.8 Å². The second kappa shape index (κ2) is 6.96. The van der Waals surface area contributed by atoms with Crippen molar-refractivity contribution in [2.24, 2.45) is 0 Å². The number of thioether (sulfide) groups is 1. The minimum Gasteiger partial charge on any atom is -0.480 e. The third kappa shape index (κ3) is 3.30. The number of rotatable bonds is 6.